The number of hydrogen-bond acceptors (Lipinski definition) is 4. The zero-order chi connectivity index (χ0) is 20.0. The Morgan fingerprint density at radius 1 is 0.931 bits per heavy atom. The number of benzene rings is 2. The van der Waals surface area contributed by atoms with Gasteiger partial charge in [0.25, 0.3) is 0 Å². The molecular formula is C23H24N2O4. The minimum Gasteiger partial charge on any atom is -0.480 e. The number of ether oxygens (including phenoxy) is 1. The molecule has 0 bridgehead atoms. The number of fused-ring (bicyclic) bond motifs is 3. The number of aliphatic carboxylic acids is 1. The van der Waals surface area contributed by atoms with Gasteiger partial charge in [-0.1, -0.05) is 48.5 Å². The van der Waals surface area contributed by atoms with Gasteiger partial charge in [0.2, 0.25) is 0 Å². The van der Waals surface area contributed by atoms with Crippen molar-refractivity contribution in [2.45, 2.75) is 24.3 Å². The van der Waals surface area contributed by atoms with E-state index in [1.54, 1.807) is 4.90 Å². The van der Waals surface area contributed by atoms with E-state index in [-0.39, 0.29) is 12.0 Å². The van der Waals surface area contributed by atoms with Crippen molar-refractivity contribution in [2.24, 2.45) is 0 Å². The molecule has 2 fully saturated rings. The normalized spacial score (nSPS) is 20.1. The highest BCUT2D eigenvalue weighted by atomic mass is 16.6. The molecule has 6 heteroatoms. The van der Waals surface area contributed by atoms with Crippen molar-refractivity contribution in [1.29, 1.82) is 0 Å². The maximum atomic E-state index is 12.7. The number of carbonyl (C=O) groups excluding carboxylic acids is 1. The van der Waals surface area contributed by atoms with Gasteiger partial charge in [0.1, 0.15) is 12.1 Å². The number of nitrogens with zero attached hydrogens (tertiary/aromatic N) is 2. The molecule has 0 radical (unpaired) electrons. The quantitative estimate of drug-likeness (QED) is 0.866. The van der Waals surface area contributed by atoms with Gasteiger partial charge in [-0.2, -0.15) is 0 Å². The van der Waals surface area contributed by atoms with Crippen LogP contribution in [0.25, 0.3) is 11.1 Å². The number of rotatable bonds is 4. The van der Waals surface area contributed by atoms with Gasteiger partial charge in [0, 0.05) is 32.1 Å². The SMILES string of the molecule is O=C(OCC1c2ccccc2-c2ccccc21)N1CCN(C2(C(=O)O)CC2)CC1. The minimum absolute atomic E-state index is 0.0504. The first-order valence-corrected chi connectivity index (χ1v) is 10.2. The van der Waals surface area contributed by atoms with E-state index in [9.17, 15) is 14.7 Å². The van der Waals surface area contributed by atoms with Crippen LogP contribution in [-0.4, -0.2) is 65.3 Å². The van der Waals surface area contributed by atoms with Crippen LogP contribution in [-0.2, 0) is 9.53 Å². The molecule has 1 N–H and O–H groups in total. The van der Waals surface area contributed by atoms with Gasteiger partial charge in [-0.15, -0.1) is 0 Å². The summed E-state index contributed by atoms with van der Waals surface area (Å²) in [6, 6.07) is 16.6. The Kier molecular flexibility index (Phi) is 4.32. The van der Waals surface area contributed by atoms with Crippen molar-refractivity contribution < 1.29 is 19.4 Å². The summed E-state index contributed by atoms with van der Waals surface area (Å²) in [5.41, 5.74) is 4.13. The number of piperazine rings is 1. The summed E-state index contributed by atoms with van der Waals surface area (Å²) >= 11 is 0. The van der Waals surface area contributed by atoms with Crippen molar-refractivity contribution in [3.05, 3.63) is 59.7 Å². The lowest BCUT2D eigenvalue weighted by atomic mass is 9.98. The van der Waals surface area contributed by atoms with Gasteiger partial charge >= 0.3 is 12.1 Å². The van der Waals surface area contributed by atoms with Gasteiger partial charge in [-0.25, -0.2) is 4.79 Å². The van der Waals surface area contributed by atoms with E-state index in [1.165, 1.54) is 22.3 Å². The summed E-state index contributed by atoms with van der Waals surface area (Å²) in [5, 5.41) is 9.45. The second kappa shape index (κ2) is 6.88. The fourth-order valence-electron chi connectivity index (χ4n) is 4.79. The van der Waals surface area contributed by atoms with Crippen LogP contribution in [0, 0.1) is 0 Å². The number of carbonyl (C=O) groups is 2. The summed E-state index contributed by atoms with van der Waals surface area (Å²) in [5.74, 6) is -0.693. The summed E-state index contributed by atoms with van der Waals surface area (Å²) in [6.45, 7) is 2.48. The molecule has 2 aromatic rings. The number of carboxylic acid groups (broad SMARTS) is 1. The summed E-state index contributed by atoms with van der Waals surface area (Å²) in [6.07, 6.45) is 1.09. The largest absolute Gasteiger partial charge is 0.480 e. The standard InChI is InChI=1S/C23H24N2O4/c26-21(27)23(9-10-23)25-13-11-24(12-14-25)22(28)29-15-20-18-7-3-1-5-16(18)17-6-2-4-8-19(17)20/h1-8,20H,9-15H2,(H,26,27). The molecule has 5 rings (SSSR count). The number of carboxylic acids is 1. The minimum atomic E-state index is -0.743. The third-order valence-corrected chi connectivity index (χ3v) is 6.60. The average Bonchev–Trinajstić information content (AvgIpc) is 3.51. The second-order valence-corrected chi connectivity index (χ2v) is 8.11. The van der Waals surface area contributed by atoms with Crippen molar-refractivity contribution in [3.63, 3.8) is 0 Å². The molecule has 6 nitrogen and oxygen atoms in total. The Morgan fingerprint density at radius 2 is 1.48 bits per heavy atom. The van der Waals surface area contributed by atoms with Crippen LogP contribution in [0.1, 0.15) is 29.9 Å². The average molecular weight is 392 g/mol. The van der Waals surface area contributed by atoms with Crippen LogP contribution in [0.5, 0.6) is 0 Å². The Bertz CT molecular complexity index is 915. The lowest BCUT2D eigenvalue weighted by Crippen LogP contribution is -2.55. The maximum absolute atomic E-state index is 12.7. The molecule has 150 valence electrons. The molecule has 2 aliphatic carbocycles. The van der Waals surface area contributed by atoms with Crippen LogP contribution in [0.4, 0.5) is 4.79 Å². The first kappa shape index (κ1) is 18.2. The van der Waals surface area contributed by atoms with Crippen molar-refractivity contribution >= 4 is 12.1 Å². The Hall–Kier alpha value is -2.86. The van der Waals surface area contributed by atoms with Crippen molar-refractivity contribution in [2.75, 3.05) is 32.8 Å². The highest BCUT2D eigenvalue weighted by Crippen LogP contribution is 2.45. The van der Waals surface area contributed by atoms with Crippen LogP contribution in [0.3, 0.4) is 0 Å². The number of amides is 1. The summed E-state index contributed by atoms with van der Waals surface area (Å²) in [4.78, 5) is 27.9. The van der Waals surface area contributed by atoms with E-state index in [0.717, 1.165) is 0 Å². The molecule has 1 aliphatic heterocycles. The smallest absolute Gasteiger partial charge is 0.409 e. The molecule has 0 atom stereocenters. The van der Waals surface area contributed by atoms with Crippen LogP contribution in [0.2, 0.25) is 0 Å². The van der Waals surface area contributed by atoms with E-state index < -0.39 is 11.5 Å². The second-order valence-electron chi connectivity index (χ2n) is 8.11. The fraction of sp³-hybridized carbons (Fsp3) is 0.391. The van der Waals surface area contributed by atoms with Crippen LogP contribution < -0.4 is 0 Å². The molecule has 1 heterocycles. The van der Waals surface area contributed by atoms with E-state index in [1.807, 2.05) is 29.2 Å². The lowest BCUT2D eigenvalue weighted by molar-refractivity contribution is -0.145. The van der Waals surface area contributed by atoms with Crippen molar-refractivity contribution in [1.82, 2.24) is 9.80 Å². The van der Waals surface area contributed by atoms with Crippen molar-refractivity contribution in [3.8, 4) is 11.1 Å². The lowest BCUT2D eigenvalue weighted by Gasteiger charge is -2.37. The molecular weight excluding hydrogens is 368 g/mol. The molecule has 3 aliphatic rings. The van der Waals surface area contributed by atoms with E-state index in [4.69, 9.17) is 4.74 Å². The predicted octanol–water partition coefficient (Wildman–Crippen LogP) is 3.17. The molecule has 1 saturated heterocycles. The monoisotopic (exact) mass is 392 g/mol. The van der Waals surface area contributed by atoms with Gasteiger partial charge in [0.05, 0.1) is 0 Å². The zero-order valence-electron chi connectivity index (χ0n) is 16.2. The van der Waals surface area contributed by atoms with Gasteiger partial charge in [0.15, 0.2) is 0 Å². The van der Waals surface area contributed by atoms with Gasteiger partial charge in [-0.3, -0.25) is 9.69 Å². The third-order valence-electron chi connectivity index (χ3n) is 6.60. The van der Waals surface area contributed by atoms with E-state index >= 15 is 0 Å². The first-order valence-electron chi connectivity index (χ1n) is 10.2. The molecule has 29 heavy (non-hydrogen) atoms. The molecule has 2 aromatic carbocycles. The maximum Gasteiger partial charge on any atom is 0.409 e. The Morgan fingerprint density at radius 3 is 2.00 bits per heavy atom. The van der Waals surface area contributed by atoms with Crippen LogP contribution in [0.15, 0.2) is 48.5 Å². The highest BCUT2D eigenvalue weighted by molar-refractivity contribution is 5.82. The molecule has 0 spiro atoms. The van der Waals surface area contributed by atoms with Crippen LogP contribution >= 0.6 is 0 Å². The summed E-state index contributed by atoms with van der Waals surface area (Å²) < 4.78 is 5.72. The summed E-state index contributed by atoms with van der Waals surface area (Å²) in [7, 11) is 0. The van der Waals surface area contributed by atoms with Gasteiger partial charge in [-0.05, 0) is 35.1 Å². The topological polar surface area (TPSA) is 70.1 Å². The Balaban J connectivity index is 1.23. The van der Waals surface area contributed by atoms with E-state index in [2.05, 4.69) is 24.3 Å². The van der Waals surface area contributed by atoms with E-state index in [0.29, 0.717) is 45.6 Å². The third kappa shape index (κ3) is 2.99. The highest BCUT2D eigenvalue weighted by Gasteiger charge is 2.55. The zero-order valence-corrected chi connectivity index (χ0v) is 16.2. The molecule has 0 aromatic heterocycles. The molecule has 0 unspecified atom stereocenters. The fourth-order valence-corrected chi connectivity index (χ4v) is 4.79. The molecule has 1 amide bonds. The number of hydrogen-bond donors (Lipinski definition) is 1. The predicted molar refractivity (Wildman–Crippen MR) is 108 cm³/mol. The first-order chi connectivity index (χ1) is 14.1. The Labute approximate surface area is 169 Å². The molecule has 1 saturated carbocycles. The van der Waals surface area contributed by atoms with Gasteiger partial charge < -0.3 is 14.7 Å².